The Morgan fingerprint density at radius 2 is 2.25 bits per heavy atom. The van der Waals surface area contributed by atoms with Crippen LogP contribution in [0.15, 0.2) is 27.3 Å². The molecule has 0 aromatic carbocycles. The average Bonchev–Trinajstić information content (AvgIpc) is 2.23. The van der Waals surface area contributed by atoms with Crippen LogP contribution in [0, 0.1) is 0 Å². The molecular weight excluding hydrogens is 216 g/mol. The van der Waals surface area contributed by atoms with E-state index in [1.54, 1.807) is 0 Å². The molecule has 2 rings (SSSR count). The van der Waals surface area contributed by atoms with Gasteiger partial charge in [-0.2, -0.15) is 0 Å². The first-order valence-electron chi connectivity index (χ1n) is 4.20. The number of nitrogens with one attached hydrogen (secondary N) is 1. The molecule has 64 valence electrons. The SMILES string of the molecule is BrC1=C2C=CNC(=NCC1)CC2. The van der Waals surface area contributed by atoms with Crippen LogP contribution in [0.5, 0.6) is 0 Å². The minimum Gasteiger partial charge on any atom is -0.350 e. The van der Waals surface area contributed by atoms with Crippen molar-refractivity contribution >= 4 is 21.8 Å². The topological polar surface area (TPSA) is 24.4 Å². The van der Waals surface area contributed by atoms with Crippen molar-refractivity contribution in [3.8, 4) is 0 Å². The molecule has 0 saturated heterocycles. The standard InChI is InChI=1S/C9H11BrN2/c10-8-4-6-12-9-2-1-7(8)3-5-11-9/h3,5H,1-2,4,6H2,(H,11,12). The number of nitrogens with zero attached hydrogens (tertiary/aromatic N) is 1. The van der Waals surface area contributed by atoms with E-state index in [4.69, 9.17) is 0 Å². The molecule has 0 aromatic heterocycles. The molecule has 12 heavy (non-hydrogen) atoms. The molecule has 0 radical (unpaired) electrons. The van der Waals surface area contributed by atoms with Crippen LogP contribution in [0.3, 0.4) is 0 Å². The number of halogens is 1. The van der Waals surface area contributed by atoms with Gasteiger partial charge < -0.3 is 5.32 Å². The van der Waals surface area contributed by atoms with Crippen LogP contribution < -0.4 is 5.32 Å². The molecule has 0 fully saturated rings. The molecule has 3 heteroatoms. The summed E-state index contributed by atoms with van der Waals surface area (Å²) >= 11 is 3.59. The lowest BCUT2D eigenvalue weighted by Gasteiger charge is -2.08. The molecule has 0 unspecified atom stereocenters. The van der Waals surface area contributed by atoms with Crippen molar-refractivity contribution in [2.75, 3.05) is 6.54 Å². The maximum atomic E-state index is 4.44. The smallest absolute Gasteiger partial charge is 0.101 e. The predicted octanol–water partition coefficient (Wildman–Crippen LogP) is 2.33. The lowest BCUT2D eigenvalue weighted by Crippen LogP contribution is -2.16. The molecule has 0 aromatic rings. The summed E-state index contributed by atoms with van der Waals surface area (Å²) in [5.74, 6) is 1.13. The van der Waals surface area contributed by atoms with E-state index in [-0.39, 0.29) is 0 Å². The van der Waals surface area contributed by atoms with Crippen molar-refractivity contribution in [2.24, 2.45) is 4.99 Å². The van der Waals surface area contributed by atoms with Crippen LogP contribution in [-0.2, 0) is 0 Å². The Hall–Kier alpha value is -0.570. The fraction of sp³-hybridized carbons (Fsp3) is 0.444. The Kier molecular flexibility index (Phi) is 2.30. The molecule has 0 amide bonds. The van der Waals surface area contributed by atoms with E-state index in [2.05, 4.69) is 32.3 Å². The molecule has 2 aliphatic heterocycles. The molecule has 2 bridgehead atoms. The molecule has 1 N–H and O–H groups in total. The number of fused-ring (bicyclic) bond motifs is 3. The van der Waals surface area contributed by atoms with Crippen LogP contribution in [0.4, 0.5) is 0 Å². The van der Waals surface area contributed by atoms with Gasteiger partial charge >= 0.3 is 0 Å². The summed E-state index contributed by atoms with van der Waals surface area (Å²) in [7, 11) is 0. The van der Waals surface area contributed by atoms with Gasteiger partial charge in [-0.05, 0) is 24.5 Å². The van der Waals surface area contributed by atoms with Gasteiger partial charge in [-0.3, -0.25) is 4.99 Å². The minimum absolute atomic E-state index is 0.897. The van der Waals surface area contributed by atoms with E-state index in [0.717, 1.165) is 31.6 Å². The van der Waals surface area contributed by atoms with E-state index in [1.165, 1.54) is 10.1 Å². The molecule has 0 spiro atoms. The normalized spacial score (nSPS) is 22.6. The van der Waals surface area contributed by atoms with Crippen molar-refractivity contribution in [2.45, 2.75) is 19.3 Å². The minimum atomic E-state index is 0.897. The number of hydrogen-bond acceptors (Lipinski definition) is 2. The largest absolute Gasteiger partial charge is 0.350 e. The first kappa shape index (κ1) is 8.05. The Bertz CT molecular complexity index is 276. The van der Waals surface area contributed by atoms with E-state index in [1.807, 2.05) is 6.20 Å². The van der Waals surface area contributed by atoms with Gasteiger partial charge in [0.1, 0.15) is 5.84 Å². The second-order valence-electron chi connectivity index (χ2n) is 2.99. The summed E-state index contributed by atoms with van der Waals surface area (Å²) in [4.78, 5) is 4.44. The zero-order valence-electron chi connectivity index (χ0n) is 6.81. The van der Waals surface area contributed by atoms with Crippen molar-refractivity contribution in [1.29, 1.82) is 0 Å². The fourth-order valence-electron chi connectivity index (χ4n) is 1.45. The van der Waals surface area contributed by atoms with Crippen LogP contribution >= 0.6 is 15.9 Å². The maximum Gasteiger partial charge on any atom is 0.101 e. The molecule has 0 atom stereocenters. The Morgan fingerprint density at radius 1 is 1.33 bits per heavy atom. The highest BCUT2D eigenvalue weighted by atomic mass is 79.9. The van der Waals surface area contributed by atoms with E-state index in [9.17, 15) is 0 Å². The van der Waals surface area contributed by atoms with E-state index >= 15 is 0 Å². The predicted molar refractivity (Wildman–Crippen MR) is 54.4 cm³/mol. The zero-order chi connectivity index (χ0) is 8.39. The molecule has 2 nitrogen and oxygen atoms in total. The van der Waals surface area contributed by atoms with E-state index < -0.39 is 0 Å². The lowest BCUT2D eigenvalue weighted by atomic mass is 10.1. The third kappa shape index (κ3) is 1.61. The van der Waals surface area contributed by atoms with Crippen LogP contribution in [0.1, 0.15) is 19.3 Å². The first-order valence-corrected chi connectivity index (χ1v) is 4.99. The average molecular weight is 227 g/mol. The quantitative estimate of drug-likeness (QED) is 0.674. The van der Waals surface area contributed by atoms with Gasteiger partial charge in [0, 0.05) is 23.6 Å². The van der Waals surface area contributed by atoms with E-state index in [0.29, 0.717) is 0 Å². The van der Waals surface area contributed by atoms with Gasteiger partial charge in [-0.25, -0.2) is 0 Å². The Morgan fingerprint density at radius 3 is 3.17 bits per heavy atom. The van der Waals surface area contributed by atoms with Gasteiger partial charge in [0.25, 0.3) is 0 Å². The number of rotatable bonds is 0. The van der Waals surface area contributed by atoms with Crippen LogP contribution in [-0.4, -0.2) is 12.4 Å². The molecule has 2 heterocycles. The molecular formula is C9H11BrN2. The van der Waals surface area contributed by atoms with Crippen molar-refractivity contribution in [3.63, 3.8) is 0 Å². The van der Waals surface area contributed by atoms with Crippen molar-refractivity contribution < 1.29 is 0 Å². The molecule has 2 aliphatic rings. The second kappa shape index (κ2) is 3.44. The summed E-state index contributed by atoms with van der Waals surface area (Å²) in [6.07, 6.45) is 7.29. The maximum absolute atomic E-state index is 4.44. The molecule has 0 aliphatic carbocycles. The summed E-state index contributed by atoms with van der Waals surface area (Å²) in [5, 5.41) is 3.19. The number of aliphatic imine (C=N–C) groups is 1. The van der Waals surface area contributed by atoms with Crippen LogP contribution in [0.25, 0.3) is 0 Å². The number of amidine groups is 1. The fourth-order valence-corrected chi connectivity index (χ4v) is 1.96. The first-order chi connectivity index (χ1) is 5.86. The van der Waals surface area contributed by atoms with Gasteiger partial charge in [-0.1, -0.05) is 15.9 Å². The van der Waals surface area contributed by atoms with Crippen molar-refractivity contribution in [1.82, 2.24) is 5.32 Å². The highest BCUT2D eigenvalue weighted by molar-refractivity contribution is 9.11. The summed E-state index contributed by atoms with van der Waals surface area (Å²) in [5.41, 5.74) is 1.41. The highest BCUT2D eigenvalue weighted by Gasteiger charge is 2.10. The third-order valence-corrected chi connectivity index (χ3v) is 3.05. The second-order valence-corrected chi connectivity index (χ2v) is 3.94. The monoisotopic (exact) mass is 226 g/mol. The van der Waals surface area contributed by atoms with Crippen LogP contribution in [0.2, 0.25) is 0 Å². The third-order valence-electron chi connectivity index (χ3n) is 2.15. The summed E-state index contributed by atoms with van der Waals surface area (Å²) < 4.78 is 1.31. The van der Waals surface area contributed by atoms with Gasteiger partial charge in [0.05, 0.1) is 0 Å². The zero-order valence-corrected chi connectivity index (χ0v) is 8.39. The van der Waals surface area contributed by atoms with Gasteiger partial charge in [0.15, 0.2) is 0 Å². The lowest BCUT2D eigenvalue weighted by molar-refractivity contribution is 0.907. The Labute approximate surface area is 80.6 Å². The highest BCUT2D eigenvalue weighted by Crippen LogP contribution is 2.24. The summed E-state index contributed by atoms with van der Waals surface area (Å²) in [6, 6.07) is 0. The van der Waals surface area contributed by atoms with Gasteiger partial charge in [0.2, 0.25) is 0 Å². The van der Waals surface area contributed by atoms with Gasteiger partial charge in [-0.15, -0.1) is 0 Å². The summed E-state index contributed by atoms with van der Waals surface area (Å²) in [6.45, 7) is 0.897. The Balaban J connectivity index is 2.35. The number of allylic oxidation sites excluding steroid dienone is 2. The number of hydrogen-bond donors (Lipinski definition) is 1. The molecule has 0 saturated carbocycles. The van der Waals surface area contributed by atoms with Crippen molar-refractivity contribution in [3.05, 3.63) is 22.3 Å².